The van der Waals surface area contributed by atoms with Crippen LogP contribution in [0.1, 0.15) is 40.9 Å². The van der Waals surface area contributed by atoms with Crippen LogP contribution in [-0.2, 0) is 4.79 Å². The van der Waals surface area contributed by atoms with Crippen LogP contribution in [-0.4, -0.2) is 46.2 Å². The highest BCUT2D eigenvalue weighted by atomic mass is 32.1. The molecule has 5 nitrogen and oxygen atoms in total. The molecule has 1 aromatic rings. The Morgan fingerprint density at radius 1 is 1.43 bits per heavy atom. The lowest BCUT2D eigenvalue weighted by Crippen LogP contribution is -2.44. The van der Waals surface area contributed by atoms with Crippen LogP contribution in [0.25, 0.3) is 6.08 Å². The average molecular weight is 309 g/mol. The molecule has 1 fully saturated rings. The van der Waals surface area contributed by atoms with Gasteiger partial charge in [-0.2, -0.15) is 0 Å². The monoisotopic (exact) mass is 309 g/mol. The third kappa shape index (κ3) is 4.15. The fourth-order valence-corrected chi connectivity index (χ4v) is 3.03. The summed E-state index contributed by atoms with van der Waals surface area (Å²) in [5.41, 5.74) is 0.592. The first-order chi connectivity index (χ1) is 10.1. The summed E-state index contributed by atoms with van der Waals surface area (Å²) >= 11 is 1.35. The third-order valence-corrected chi connectivity index (χ3v) is 4.49. The van der Waals surface area contributed by atoms with Crippen molar-refractivity contribution in [2.45, 2.75) is 31.7 Å². The van der Waals surface area contributed by atoms with E-state index in [1.54, 1.807) is 11.4 Å². The molecule has 0 bridgehead atoms. The molecule has 1 heterocycles. The van der Waals surface area contributed by atoms with Gasteiger partial charge in [-0.1, -0.05) is 0 Å². The number of thiophene rings is 1. The molecule has 0 atom stereocenters. The summed E-state index contributed by atoms with van der Waals surface area (Å²) in [7, 11) is 0. The molecule has 6 heteroatoms. The maximum Gasteiger partial charge on any atom is 0.328 e. The number of aliphatic hydroxyl groups is 1. The number of carbonyl (C=O) groups excluding carboxylic acids is 1. The largest absolute Gasteiger partial charge is 0.478 e. The summed E-state index contributed by atoms with van der Waals surface area (Å²) in [6.07, 6.45) is 6.32. The van der Waals surface area contributed by atoms with Crippen molar-refractivity contribution < 1.29 is 19.8 Å². The lowest BCUT2D eigenvalue weighted by molar-refractivity contribution is -0.131. The van der Waals surface area contributed by atoms with Crippen molar-refractivity contribution in [1.29, 1.82) is 0 Å². The van der Waals surface area contributed by atoms with Gasteiger partial charge in [0.25, 0.3) is 5.91 Å². The lowest BCUT2D eigenvalue weighted by atomic mass is 9.91. The zero-order valence-corrected chi connectivity index (χ0v) is 12.5. The van der Waals surface area contributed by atoms with Gasteiger partial charge in [-0.05, 0) is 37.8 Å². The predicted octanol–water partition coefficient (Wildman–Crippen LogP) is 2.22. The van der Waals surface area contributed by atoms with Gasteiger partial charge in [0, 0.05) is 35.5 Å². The molecule has 2 rings (SSSR count). The summed E-state index contributed by atoms with van der Waals surface area (Å²) < 4.78 is 0. The molecular weight excluding hydrogens is 290 g/mol. The van der Waals surface area contributed by atoms with Gasteiger partial charge < -0.3 is 15.1 Å². The molecule has 2 N–H and O–H groups in total. The highest BCUT2D eigenvalue weighted by Gasteiger charge is 2.29. The zero-order valence-electron chi connectivity index (χ0n) is 11.7. The fraction of sp³-hybridized carbons (Fsp3) is 0.467. The zero-order chi connectivity index (χ0) is 15.2. The smallest absolute Gasteiger partial charge is 0.328 e. The molecule has 0 spiro atoms. The first kappa shape index (κ1) is 15.7. The number of carboxylic acids is 1. The molecule has 0 saturated heterocycles. The van der Waals surface area contributed by atoms with Gasteiger partial charge in [-0.25, -0.2) is 4.79 Å². The van der Waals surface area contributed by atoms with E-state index in [2.05, 4.69) is 0 Å². The van der Waals surface area contributed by atoms with Crippen LogP contribution >= 0.6 is 11.3 Å². The van der Waals surface area contributed by atoms with E-state index >= 15 is 0 Å². The molecule has 1 amide bonds. The molecule has 114 valence electrons. The Balaban J connectivity index is 2.07. The topological polar surface area (TPSA) is 77.8 Å². The van der Waals surface area contributed by atoms with Gasteiger partial charge in [0.05, 0.1) is 5.56 Å². The molecule has 1 aromatic heterocycles. The van der Waals surface area contributed by atoms with Crippen LogP contribution in [0.15, 0.2) is 17.5 Å². The Bertz CT molecular complexity index is 534. The number of hydrogen-bond acceptors (Lipinski definition) is 4. The standard InChI is InChI=1S/C15H19NO4S/c17-8-2-7-16(12-3-1-4-12)15(20)11-9-13(21-10-11)5-6-14(18)19/h5-6,9-10,12,17H,1-4,7-8H2,(H,18,19)/b6-5+. The molecule has 1 aliphatic carbocycles. The second kappa shape index (κ2) is 7.38. The first-order valence-electron chi connectivity index (χ1n) is 7.03. The predicted molar refractivity (Wildman–Crippen MR) is 81.4 cm³/mol. The van der Waals surface area contributed by atoms with E-state index in [4.69, 9.17) is 10.2 Å². The minimum atomic E-state index is -1.00. The molecule has 0 aromatic carbocycles. The second-order valence-corrected chi connectivity index (χ2v) is 6.01. The van der Waals surface area contributed by atoms with E-state index in [0.717, 1.165) is 30.2 Å². The van der Waals surface area contributed by atoms with Crippen molar-refractivity contribution in [1.82, 2.24) is 4.90 Å². The maximum atomic E-state index is 12.5. The maximum absolute atomic E-state index is 12.5. The normalized spacial score (nSPS) is 15.1. The number of rotatable bonds is 7. The Labute approximate surface area is 127 Å². The molecule has 21 heavy (non-hydrogen) atoms. The SMILES string of the molecule is O=C(O)/C=C/c1cc(C(=O)N(CCCO)C2CCC2)cs1. The minimum absolute atomic E-state index is 0.0284. The van der Waals surface area contributed by atoms with Crippen molar-refractivity contribution in [2.75, 3.05) is 13.2 Å². The van der Waals surface area contributed by atoms with Gasteiger partial charge in [-0.3, -0.25) is 4.79 Å². The molecule has 0 aliphatic heterocycles. The second-order valence-electron chi connectivity index (χ2n) is 5.07. The van der Waals surface area contributed by atoms with Crippen LogP contribution in [0.4, 0.5) is 0 Å². The Kier molecular flexibility index (Phi) is 5.52. The summed E-state index contributed by atoms with van der Waals surface area (Å²) in [6.45, 7) is 0.642. The van der Waals surface area contributed by atoms with Gasteiger partial charge in [0.15, 0.2) is 0 Å². The number of aliphatic hydroxyl groups excluding tert-OH is 1. The third-order valence-electron chi connectivity index (χ3n) is 3.59. The van der Waals surface area contributed by atoms with Crippen LogP contribution in [0.3, 0.4) is 0 Å². The van der Waals surface area contributed by atoms with E-state index in [1.165, 1.54) is 17.4 Å². The van der Waals surface area contributed by atoms with Gasteiger partial charge in [0.2, 0.25) is 0 Å². The molecular formula is C15H19NO4S. The van der Waals surface area contributed by atoms with Crippen molar-refractivity contribution >= 4 is 29.3 Å². The van der Waals surface area contributed by atoms with E-state index < -0.39 is 5.97 Å². The molecule has 0 unspecified atom stereocenters. The molecule has 1 aliphatic rings. The van der Waals surface area contributed by atoms with E-state index in [1.807, 2.05) is 4.90 Å². The highest BCUT2D eigenvalue weighted by Crippen LogP contribution is 2.27. The van der Waals surface area contributed by atoms with Gasteiger partial charge in [-0.15, -0.1) is 11.3 Å². The lowest BCUT2D eigenvalue weighted by Gasteiger charge is -2.37. The number of carbonyl (C=O) groups is 2. The summed E-state index contributed by atoms with van der Waals surface area (Å²) in [4.78, 5) is 25.6. The molecule has 1 saturated carbocycles. The van der Waals surface area contributed by atoms with E-state index in [9.17, 15) is 9.59 Å². The van der Waals surface area contributed by atoms with Crippen LogP contribution in [0.5, 0.6) is 0 Å². The number of aliphatic carboxylic acids is 1. The van der Waals surface area contributed by atoms with Crippen molar-refractivity contribution in [3.63, 3.8) is 0 Å². The number of carboxylic acid groups (broad SMARTS) is 1. The van der Waals surface area contributed by atoms with Gasteiger partial charge in [0.1, 0.15) is 0 Å². The van der Waals surface area contributed by atoms with Gasteiger partial charge >= 0.3 is 5.97 Å². The Hall–Kier alpha value is -1.66. The van der Waals surface area contributed by atoms with Crippen molar-refractivity contribution in [3.8, 4) is 0 Å². The van der Waals surface area contributed by atoms with Crippen LogP contribution in [0, 0.1) is 0 Å². The average Bonchev–Trinajstić information content (AvgIpc) is 2.87. The summed E-state index contributed by atoms with van der Waals surface area (Å²) in [5.74, 6) is -1.03. The number of amides is 1. The minimum Gasteiger partial charge on any atom is -0.478 e. The van der Waals surface area contributed by atoms with Crippen LogP contribution < -0.4 is 0 Å². The summed E-state index contributed by atoms with van der Waals surface area (Å²) in [6, 6.07) is 2.00. The van der Waals surface area contributed by atoms with Crippen molar-refractivity contribution in [3.05, 3.63) is 28.0 Å². The van der Waals surface area contributed by atoms with E-state index in [0.29, 0.717) is 18.5 Å². The number of nitrogens with zero attached hydrogens (tertiary/aromatic N) is 1. The Morgan fingerprint density at radius 2 is 2.19 bits per heavy atom. The molecule has 0 radical (unpaired) electrons. The quantitative estimate of drug-likeness (QED) is 0.757. The number of hydrogen-bond donors (Lipinski definition) is 2. The van der Waals surface area contributed by atoms with Crippen molar-refractivity contribution in [2.24, 2.45) is 0 Å². The Morgan fingerprint density at radius 3 is 2.76 bits per heavy atom. The van der Waals surface area contributed by atoms with Crippen LogP contribution in [0.2, 0.25) is 0 Å². The van der Waals surface area contributed by atoms with E-state index in [-0.39, 0.29) is 18.6 Å². The fourth-order valence-electron chi connectivity index (χ4n) is 2.26. The summed E-state index contributed by atoms with van der Waals surface area (Å²) in [5, 5.41) is 19.3. The first-order valence-corrected chi connectivity index (χ1v) is 7.91. The highest BCUT2D eigenvalue weighted by molar-refractivity contribution is 7.11.